The van der Waals surface area contributed by atoms with E-state index >= 15 is 0 Å². The van der Waals surface area contributed by atoms with Crippen molar-refractivity contribution in [1.82, 2.24) is 0 Å². The molecular formula is C13H21N. The van der Waals surface area contributed by atoms with Gasteiger partial charge in [-0.05, 0) is 29.7 Å². The molecule has 0 atom stereocenters. The van der Waals surface area contributed by atoms with Gasteiger partial charge in [0.05, 0.1) is 0 Å². The molecule has 0 N–H and O–H groups in total. The molecule has 1 rings (SSSR count). The van der Waals surface area contributed by atoms with Crippen molar-refractivity contribution in [2.24, 2.45) is 15.8 Å². The minimum Gasteiger partial charge on any atom is -0.265 e. The van der Waals surface area contributed by atoms with E-state index in [1.54, 1.807) is 6.20 Å². The third-order valence-corrected chi connectivity index (χ3v) is 3.34. The van der Waals surface area contributed by atoms with E-state index in [2.05, 4.69) is 46.2 Å². The number of rotatable bonds is 2. The van der Waals surface area contributed by atoms with Crippen LogP contribution in [0.4, 0.5) is 0 Å². The second-order valence-electron chi connectivity index (χ2n) is 5.44. The predicted molar refractivity (Wildman–Crippen MR) is 63.6 cm³/mol. The first-order valence-corrected chi connectivity index (χ1v) is 5.17. The fraction of sp³-hybridized carbons (Fsp3) is 0.615. The molecule has 0 aromatic heterocycles. The highest BCUT2D eigenvalue weighted by molar-refractivity contribution is 5.83. The van der Waals surface area contributed by atoms with Gasteiger partial charge in [-0.2, -0.15) is 0 Å². The van der Waals surface area contributed by atoms with Crippen LogP contribution in [-0.4, -0.2) is 6.21 Å². The molecule has 0 saturated carbocycles. The summed E-state index contributed by atoms with van der Waals surface area (Å²) in [5.74, 6) is 0. The zero-order chi connectivity index (χ0) is 11.0. The van der Waals surface area contributed by atoms with Gasteiger partial charge in [0.15, 0.2) is 0 Å². The molecule has 0 saturated heterocycles. The molecule has 0 fully saturated rings. The number of allylic oxidation sites excluding steroid dienone is 2. The van der Waals surface area contributed by atoms with Crippen LogP contribution in [0.15, 0.2) is 28.9 Å². The van der Waals surface area contributed by atoms with Crippen molar-refractivity contribution in [3.63, 3.8) is 0 Å². The van der Waals surface area contributed by atoms with Crippen LogP contribution in [-0.2, 0) is 0 Å². The summed E-state index contributed by atoms with van der Waals surface area (Å²) in [5, 5.41) is 0. The minimum absolute atomic E-state index is 0.250. The maximum Gasteiger partial charge on any atom is 0.0304 e. The van der Waals surface area contributed by atoms with E-state index in [0.29, 0.717) is 5.41 Å². The first-order valence-electron chi connectivity index (χ1n) is 5.17. The fourth-order valence-electron chi connectivity index (χ4n) is 2.60. The molecule has 0 aromatic carbocycles. The molecule has 0 aliphatic heterocycles. The highest BCUT2D eigenvalue weighted by atomic mass is 14.7. The Kier molecular flexibility index (Phi) is 2.71. The number of aliphatic imine (C=N–C) groups is 1. The predicted octanol–water partition coefficient (Wildman–Crippen LogP) is 3.97. The van der Waals surface area contributed by atoms with Gasteiger partial charge in [-0.1, -0.05) is 39.8 Å². The topological polar surface area (TPSA) is 12.4 Å². The lowest BCUT2D eigenvalue weighted by Gasteiger charge is -2.24. The van der Waals surface area contributed by atoms with Gasteiger partial charge < -0.3 is 0 Å². The summed E-state index contributed by atoms with van der Waals surface area (Å²) in [6.07, 6.45) is 4.77. The molecule has 1 aliphatic carbocycles. The normalized spacial score (nSPS) is 24.6. The van der Waals surface area contributed by atoms with Crippen molar-refractivity contribution < 1.29 is 0 Å². The van der Waals surface area contributed by atoms with E-state index in [1.165, 1.54) is 17.6 Å². The Labute approximate surface area is 87.6 Å². The lowest BCUT2D eigenvalue weighted by Crippen LogP contribution is -2.15. The monoisotopic (exact) mass is 191 g/mol. The van der Waals surface area contributed by atoms with Gasteiger partial charge in [0, 0.05) is 12.4 Å². The third kappa shape index (κ3) is 1.82. The van der Waals surface area contributed by atoms with E-state index in [9.17, 15) is 0 Å². The second kappa shape index (κ2) is 3.38. The molecule has 0 radical (unpaired) electrons. The summed E-state index contributed by atoms with van der Waals surface area (Å²) >= 11 is 0. The van der Waals surface area contributed by atoms with Crippen LogP contribution < -0.4 is 0 Å². The Bertz CT molecular complexity index is 303. The number of hydrogen-bond acceptors (Lipinski definition) is 1. The summed E-state index contributed by atoms with van der Waals surface area (Å²) in [5.41, 5.74) is 3.40. The van der Waals surface area contributed by atoms with Crippen LogP contribution in [0.3, 0.4) is 0 Å². The van der Waals surface area contributed by atoms with Crippen LogP contribution in [0.5, 0.6) is 0 Å². The van der Waals surface area contributed by atoms with Gasteiger partial charge in [-0.15, -0.1) is 0 Å². The molecule has 0 aromatic rings. The van der Waals surface area contributed by atoms with Crippen LogP contribution in [0.25, 0.3) is 0 Å². The van der Waals surface area contributed by atoms with E-state index in [0.717, 1.165) is 0 Å². The van der Waals surface area contributed by atoms with Crippen molar-refractivity contribution in [3.8, 4) is 0 Å². The Morgan fingerprint density at radius 1 is 1.21 bits per heavy atom. The van der Waals surface area contributed by atoms with Gasteiger partial charge in [-0.25, -0.2) is 0 Å². The zero-order valence-corrected chi connectivity index (χ0v) is 10.0. The maximum absolute atomic E-state index is 4.15. The molecule has 0 unspecified atom stereocenters. The zero-order valence-electron chi connectivity index (χ0n) is 10.0. The quantitative estimate of drug-likeness (QED) is 0.586. The molecule has 78 valence electrons. The van der Waals surface area contributed by atoms with E-state index < -0.39 is 0 Å². The summed E-state index contributed by atoms with van der Waals surface area (Å²) in [6, 6.07) is 0. The van der Waals surface area contributed by atoms with Gasteiger partial charge >= 0.3 is 0 Å². The highest BCUT2D eigenvalue weighted by Crippen LogP contribution is 2.51. The minimum atomic E-state index is 0.250. The van der Waals surface area contributed by atoms with Crippen LogP contribution >= 0.6 is 0 Å². The van der Waals surface area contributed by atoms with Gasteiger partial charge in [0.2, 0.25) is 0 Å². The molecule has 1 heteroatoms. The van der Waals surface area contributed by atoms with Crippen molar-refractivity contribution in [1.29, 1.82) is 0 Å². The standard InChI is InChI=1S/C13H21N/c1-7-14-8-11-10(2)12(3,4)9-13(11,5)6/h7-8H,1,9H2,2-6H3. The maximum atomic E-state index is 4.15. The highest BCUT2D eigenvalue weighted by Gasteiger charge is 2.40. The summed E-state index contributed by atoms with van der Waals surface area (Å²) in [6.45, 7) is 15.0. The van der Waals surface area contributed by atoms with Crippen molar-refractivity contribution >= 4 is 6.21 Å². The average molecular weight is 191 g/mol. The average Bonchev–Trinajstić information content (AvgIpc) is 2.16. The van der Waals surface area contributed by atoms with Crippen molar-refractivity contribution in [3.05, 3.63) is 23.9 Å². The molecule has 14 heavy (non-hydrogen) atoms. The Hall–Kier alpha value is -0.850. The van der Waals surface area contributed by atoms with E-state index in [4.69, 9.17) is 0 Å². The first-order chi connectivity index (χ1) is 6.31. The lowest BCUT2D eigenvalue weighted by molar-refractivity contribution is 0.321. The van der Waals surface area contributed by atoms with Crippen LogP contribution in [0.2, 0.25) is 0 Å². The summed E-state index contributed by atoms with van der Waals surface area (Å²) in [4.78, 5) is 4.15. The number of nitrogens with zero attached hydrogens (tertiary/aromatic N) is 1. The molecule has 0 bridgehead atoms. The van der Waals surface area contributed by atoms with Crippen LogP contribution in [0.1, 0.15) is 41.0 Å². The fourth-order valence-corrected chi connectivity index (χ4v) is 2.60. The molecule has 1 aliphatic rings. The Morgan fingerprint density at radius 2 is 1.79 bits per heavy atom. The first kappa shape index (κ1) is 11.2. The van der Waals surface area contributed by atoms with Gasteiger partial charge in [0.25, 0.3) is 0 Å². The van der Waals surface area contributed by atoms with E-state index in [-0.39, 0.29) is 5.41 Å². The lowest BCUT2D eigenvalue weighted by atomic mass is 9.80. The van der Waals surface area contributed by atoms with E-state index in [1.807, 2.05) is 6.21 Å². The molecule has 1 nitrogen and oxygen atoms in total. The summed E-state index contributed by atoms with van der Waals surface area (Å²) < 4.78 is 0. The molecular weight excluding hydrogens is 170 g/mol. The SMILES string of the molecule is C=CN=CC1=C(C)C(C)(C)CC1(C)C. The Morgan fingerprint density at radius 3 is 2.14 bits per heavy atom. The second-order valence-corrected chi connectivity index (χ2v) is 5.44. The van der Waals surface area contributed by atoms with Gasteiger partial charge in [0.1, 0.15) is 0 Å². The smallest absolute Gasteiger partial charge is 0.0304 e. The third-order valence-electron chi connectivity index (χ3n) is 3.34. The van der Waals surface area contributed by atoms with Gasteiger partial charge in [-0.3, -0.25) is 4.99 Å². The molecule has 0 amide bonds. The number of hydrogen-bond donors (Lipinski definition) is 0. The van der Waals surface area contributed by atoms with Crippen molar-refractivity contribution in [2.75, 3.05) is 0 Å². The van der Waals surface area contributed by atoms with Crippen molar-refractivity contribution in [2.45, 2.75) is 41.0 Å². The largest absolute Gasteiger partial charge is 0.265 e. The molecule has 0 spiro atoms. The summed E-state index contributed by atoms with van der Waals surface area (Å²) in [7, 11) is 0. The Balaban J connectivity index is 3.15. The van der Waals surface area contributed by atoms with Crippen LogP contribution in [0, 0.1) is 10.8 Å². The molecule has 0 heterocycles.